The van der Waals surface area contributed by atoms with Crippen LogP contribution in [0.2, 0.25) is 5.02 Å². The Morgan fingerprint density at radius 1 is 1.35 bits per heavy atom. The SMILES string of the molecule is CC(CN(CCCN(C)C)c1cccc(Cl)c1)C(=O)O. The fraction of sp³-hybridized carbons (Fsp3) is 0.533. The topological polar surface area (TPSA) is 43.8 Å². The molecule has 0 aliphatic rings. The van der Waals surface area contributed by atoms with Crippen LogP contribution in [0.1, 0.15) is 13.3 Å². The third-order valence-corrected chi connectivity index (χ3v) is 3.36. The van der Waals surface area contributed by atoms with Crippen molar-refractivity contribution in [1.29, 1.82) is 0 Å². The maximum absolute atomic E-state index is 11.1. The van der Waals surface area contributed by atoms with E-state index in [-0.39, 0.29) is 0 Å². The minimum absolute atomic E-state index is 0.409. The average Bonchev–Trinajstić information content (AvgIpc) is 2.36. The van der Waals surface area contributed by atoms with Crippen LogP contribution in [0.25, 0.3) is 0 Å². The summed E-state index contributed by atoms with van der Waals surface area (Å²) in [5.41, 5.74) is 0.976. The van der Waals surface area contributed by atoms with E-state index in [9.17, 15) is 4.79 Å². The first-order chi connectivity index (χ1) is 9.40. The monoisotopic (exact) mass is 298 g/mol. The lowest BCUT2D eigenvalue weighted by Gasteiger charge is -2.27. The third kappa shape index (κ3) is 5.80. The van der Waals surface area contributed by atoms with E-state index in [1.807, 2.05) is 38.4 Å². The predicted molar refractivity (Wildman–Crippen MR) is 83.6 cm³/mol. The van der Waals surface area contributed by atoms with Gasteiger partial charge in [-0.3, -0.25) is 4.79 Å². The van der Waals surface area contributed by atoms with Crippen molar-refractivity contribution in [3.8, 4) is 0 Å². The maximum Gasteiger partial charge on any atom is 0.308 e. The van der Waals surface area contributed by atoms with Crippen molar-refractivity contribution >= 4 is 23.3 Å². The van der Waals surface area contributed by atoms with Gasteiger partial charge in [0.1, 0.15) is 0 Å². The lowest BCUT2D eigenvalue weighted by atomic mass is 10.1. The smallest absolute Gasteiger partial charge is 0.308 e. The highest BCUT2D eigenvalue weighted by molar-refractivity contribution is 6.30. The van der Waals surface area contributed by atoms with Crippen LogP contribution < -0.4 is 4.90 Å². The van der Waals surface area contributed by atoms with Crippen LogP contribution in [0, 0.1) is 5.92 Å². The van der Waals surface area contributed by atoms with Gasteiger partial charge in [0, 0.05) is 23.8 Å². The molecule has 0 aromatic heterocycles. The normalized spacial score (nSPS) is 12.4. The molecule has 0 bridgehead atoms. The molecule has 20 heavy (non-hydrogen) atoms. The van der Waals surface area contributed by atoms with Crippen molar-refractivity contribution in [3.05, 3.63) is 29.3 Å². The summed E-state index contributed by atoms with van der Waals surface area (Å²) in [6.45, 7) is 4.00. The molecule has 112 valence electrons. The molecule has 4 nitrogen and oxygen atoms in total. The van der Waals surface area contributed by atoms with Gasteiger partial charge in [-0.25, -0.2) is 0 Å². The summed E-state index contributed by atoms with van der Waals surface area (Å²) in [6, 6.07) is 7.56. The van der Waals surface area contributed by atoms with Crippen molar-refractivity contribution in [3.63, 3.8) is 0 Å². The molecule has 1 N–H and O–H groups in total. The number of aliphatic carboxylic acids is 1. The molecule has 5 heteroatoms. The number of rotatable bonds is 8. The Morgan fingerprint density at radius 3 is 2.60 bits per heavy atom. The van der Waals surface area contributed by atoms with E-state index in [1.165, 1.54) is 0 Å². The molecule has 1 atom stereocenters. The number of benzene rings is 1. The highest BCUT2D eigenvalue weighted by atomic mass is 35.5. The summed E-state index contributed by atoms with van der Waals surface area (Å²) < 4.78 is 0. The first-order valence-electron chi connectivity index (χ1n) is 6.78. The van der Waals surface area contributed by atoms with Gasteiger partial charge in [-0.15, -0.1) is 0 Å². The zero-order chi connectivity index (χ0) is 15.1. The average molecular weight is 299 g/mol. The predicted octanol–water partition coefficient (Wildman–Crippen LogP) is 2.82. The van der Waals surface area contributed by atoms with Crippen LogP contribution in [0.5, 0.6) is 0 Å². The summed E-state index contributed by atoms with van der Waals surface area (Å²) in [6.07, 6.45) is 0.978. The van der Waals surface area contributed by atoms with Gasteiger partial charge in [-0.2, -0.15) is 0 Å². The minimum Gasteiger partial charge on any atom is -0.481 e. The molecule has 0 saturated heterocycles. The second-order valence-corrected chi connectivity index (χ2v) is 5.76. The molecule has 1 aromatic carbocycles. The molecule has 0 spiro atoms. The summed E-state index contributed by atoms with van der Waals surface area (Å²) >= 11 is 6.02. The van der Waals surface area contributed by atoms with Crippen LogP contribution >= 0.6 is 11.6 Å². The van der Waals surface area contributed by atoms with Gasteiger partial charge in [0.05, 0.1) is 5.92 Å². The first-order valence-corrected chi connectivity index (χ1v) is 7.16. The number of carboxylic acids is 1. The molecule has 0 aliphatic carbocycles. The van der Waals surface area contributed by atoms with E-state index in [1.54, 1.807) is 6.92 Å². The van der Waals surface area contributed by atoms with Crippen LogP contribution in [0.4, 0.5) is 5.69 Å². The fourth-order valence-corrected chi connectivity index (χ4v) is 2.17. The number of carbonyl (C=O) groups is 1. The van der Waals surface area contributed by atoms with E-state index in [0.29, 0.717) is 11.6 Å². The van der Waals surface area contributed by atoms with Gasteiger partial charge >= 0.3 is 5.97 Å². The van der Waals surface area contributed by atoms with Crippen LogP contribution in [-0.2, 0) is 4.79 Å². The highest BCUT2D eigenvalue weighted by Crippen LogP contribution is 2.21. The first kappa shape index (κ1) is 16.8. The second kappa shape index (κ2) is 8.12. The number of anilines is 1. The van der Waals surface area contributed by atoms with Gasteiger partial charge in [0.15, 0.2) is 0 Å². The lowest BCUT2D eigenvalue weighted by Crippen LogP contribution is -2.33. The Labute approximate surface area is 125 Å². The molecular weight excluding hydrogens is 276 g/mol. The molecule has 0 radical (unpaired) electrons. The zero-order valence-electron chi connectivity index (χ0n) is 12.3. The van der Waals surface area contributed by atoms with Crippen molar-refractivity contribution in [1.82, 2.24) is 4.90 Å². The molecular formula is C15H23ClN2O2. The van der Waals surface area contributed by atoms with E-state index >= 15 is 0 Å². The lowest BCUT2D eigenvalue weighted by molar-refractivity contribution is -0.140. The molecule has 0 amide bonds. The fourth-order valence-electron chi connectivity index (χ4n) is 1.99. The van der Waals surface area contributed by atoms with Gasteiger partial charge in [0.25, 0.3) is 0 Å². The number of carboxylic acid groups (broad SMARTS) is 1. The van der Waals surface area contributed by atoms with E-state index in [2.05, 4.69) is 9.80 Å². The number of nitrogens with zero attached hydrogens (tertiary/aromatic N) is 2. The molecule has 1 aromatic rings. The van der Waals surface area contributed by atoms with Crippen molar-refractivity contribution in [2.24, 2.45) is 5.92 Å². The second-order valence-electron chi connectivity index (χ2n) is 5.32. The largest absolute Gasteiger partial charge is 0.481 e. The number of halogens is 1. The molecule has 0 heterocycles. The van der Waals surface area contributed by atoms with Crippen molar-refractivity contribution in [2.75, 3.05) is 38.6 Å². The Kier molecular flexibility index (Phi) is 6.82. The quantitative estimate of drug-likeness (QED) is 0.801. The van der Waals surface area contributed by atoms with E-state index < -0.39 is 11.9 Å². The summed E-state index contributed by atoms with van der Waals surface area (Å²) in [5.74, 6) is -1.18. The molecule has 1 rings (SSSR count). The Morgan fingerprint density at radius 2 is 2.05 bits per heavy atom. The Balaban J connectivity index is 2.75. The van der Waals surface area contributed by atoms with Gasteiger partial charge in [-0.1, -0.05) is 24.6 Å². The zero-order valence-corrected chi connectivity index (χ0v) is 13.1. The van der Waals surface area contributed by atoms with Crippen LogP contribution in [0.15, 0.2) is 24.3 Å². The summed E-state index contributed by atoms with van der Waals surface area (Å²) in [5, 5.41) is 9.75. The summed E-state index contributed by atoms with van der Waals surface area (Å²) in [7, 11) is 4.06. The minimum atomic E-state index is -0.773. The van der Waals surface area contributed by atoms with Crippen molar-refractivity contribution in [2.45, 2.75) is 13.3 Å². The van der Waals surface area contributed by atoms with E-state index in [4.69, 9.17) is 16.7 Å². The van der Waals surface area contributed by atoms with Gasteiger partial charge in [-0.05, 0) is 45.3 Å². The molecule has 0 saturated carbocycles. The standard InChI is InChI=1S/C15H23ClN2O2/c1-12(15(19)20)11-18(9-5-8-17(2)3)14-7-4-6-13(16)10-14/h4,6-7,10,12H,5,8-9,11H2,1-3H3,(H,19,20). The van der Waals surface area contributed by atoms with Gasteiger partial charge < -0.3 is 14.9 Å². The van der Waals surface area contributed by atoms with Crippen LogP contribution in [-0.4, -0.2) is 49.7 Å². The molecule has 0 fully saturated rings. The Bertz CT molecular complexity index is 438. The maximum atomic E-state index is 11.1. The van der Waals surface area contributed by atoms with E-state index in [0.717, 1.165) is 25.2 Å². The number of hydrogen-bond donors (Lipinski definition) is 1. The summed E-state index contributed by atoms with van der Waals surface area (Å²) in [4.78, 5) is 15.3. The van der Waals surface area contributed by atoms with Crippen molar-refractivity contribution < 1.29 is 9.90 Å². The number of hydrogen-bond acceptors (Lipinski definition) is 3. The van der Waals surface area contributed by atoms with Gasteiger partial charge in [0.2, 0.25) is 0 Å². The molecule has 0 aliphatic heterocycles. The Hall–Kier alpha value is -1.26. The third-order valence-electron chi connectivity index (χ3n) is 3.12. The van der Waals surface area contributed by atoms with Crippen LogP contribution in [0.3, 0.4) is 0 Å². The highest BCUT2D eigenvalue weighted by Gasteiger charge is 2.16. The molecule has 1 unspecified atom stereocenters.